The SMILES string of the molecule is CC(C)(C)S(=O)(=O)CCNCC1(O)CCCCCC1. The molecule has 0 aliphatic heterocycles. The molecule has 0 amide bonds. The quantitative estimate of drug-likeness (QED) is 0.599. The minimum absolute atomic E-state index is 0.132. The summed E-state index contributed by atoms with van der Waals surface area (Å²) in [5.74, 6) is 0.132. The maximum absolute atomic E-state index is 11.9. The second-order valence-corrected chi connectivity index (χ2v) is 9.61. The molecular weight excluding hydrogens is 262 g/mol. The van der Waals surface area contributed by atoms with E-state index in [-0.39, 0.29) is 5.75 Å². The van der Waals surface area contributed by atoms with E-state index in [4.69, 9.17) is 0 Å². The largest absolute Gasteiger partial charge is 0.389 e. The minimum atomic E-state index is -3.07. The molecule has 0 bridgehead atoms. The molecule has 0 saturated heterocycles. The van der Waals surface area contributed by atoms with Gasteiger partial charge in [-0.25, -0.2) is 8.42 Å². The topological polar surface area (TPSA) is 66.4 Å². The molecule has 1 saturated carbocycles. The van der Waals surface area contributed by atoms with Crippen LogP contribution in [0.2, 0.25) is 0 Å². The van der Waals surface area contributed by atoms with Crippen molar-refractivity contribution in [1.82, 2.24) is 5.32 Å². The highest BCUT2D eigenvalue weighted by atomic mass is 32.2. The molecule has 1 aliphatic rings. The van der Waals surface area contributed by atoms with E-state index in [9.17, 15) is 13.5 Å². The van der Waals surface area contributed by atoms with Crippen LogP contribution in [0.15, 0.2) is 0 Å². The van der Waals surface area contributed by atoms with E-state index in [0.29, 0.717) is 13.1 Å². The summed E-state index contributed by atoms with van der Waals surface area (Å²) in [6.45, 7) is 6.10. The van der Waals surface area contributed by atoms with E-state index in [1.165, 1.54) is 12.8 Å². The monoisotopic (exact) mass is 291 g/mol. The summed E-state index contributed by atoms with van der Waals surface area (Å²) in [7, 11) is -3.07. The van der Waals surface area contributed by atoms with Crippen LogP contribution in [0.25, 0.3) is 0 Å². The second-order valence-electron chi connectivity index (χ2n) is 6.75. The van der Waals surface area contributed by atoms with Crippen molar-refractivity contribution < 1.29 is 13.5 Å². The van der Waals surface area contributed by atoms with Gasteiger partial charge in [0.05, 0.1) is 16.1 Å². The van der Waals surface area contributed by atoms with Gasteiger partial charge in [0.2, 0.25) is 0 Å². The van der Waals surface area contributed by atoms with Gasteiger partial charge in [-0.15, -0.1) is 0 Å². The maximum Gasteiger partial charge on any atom is 0.156 e. The first-order chi connectivity index (χ1) is 8.66. The van der Waals surface area contributed by atoms with E-state index in [1.807, 2.05) is 0 Å². The van der Waals surface area contributed by atoms with Crippen LogP contribution in [0.5, 0.6) is 0 Å². The zero-order valence-electron chi connectivity index (χ0n) is 12.5. The van der Waals surface area contributed by atoms with Gasteiger partial charge in [0.25, 0.3) is 0 Å². The van der Waals surface area contributed by atoms with Gasteiger partial charge in [-0.2, -0.15) is 0 Å². The summed E-state index contributed by atoms with van der Waals surface area (Å²) in [4.78, 5) is 0. The van der Waals surface area contributed by atoms with Crippen molar-refractivity contribution in [2.75, 3.05) is 18.8 Å². The fourth-order valence-electron chi connectivity index (χ4n) is 2.40. The lowest BCUT2D eigenvalue weighted by molar-refractivity contribution is 0.0259. The van der Waals surface area contributed by atoms with Crippen LogP contribution in [-0.4, -0.2) is 42.7 Å². The second kappa shape index (κ2) is 6.55. The predicted molar refractivity (Wildman–Crippen MR) is 79.1 cm³/mol. The van der Waals surface area contributed by atoms with E-state index < -0.39 is 20.2 Å². The van der Waals surface area contributed by atoms with Crippen molar-refractivity contribution in [2.24, 2.45) is 0 Å². The lowest BCUT2D eigenvalue weighted by Gasteiger charge is -2.27. The smallest absolute Gasteiger partial charge is 0.156 e. The molecule has 1 aliphatic carbocycles. The van der Waals surface area contributed by atoms with Gasteiger partial charge in [-0.1, -0.05) is 25.7 Å². The number of nitrogens with one attached hydrogen (secondary N) is 1. The van der Waals surface area contributed by atoms with Gasteiger partial charge in [-0.05, 0) is 33.6 Å². The number of rotatable bonds is 5. The molecule has 0 radical (unpaired) electrons. The average Bonchev–Trinajstić information content (AvgIpc) is 2.49. The fraction of sp³-hybridized carbons (Fsp3) is 1.00. The first kappa shape index (κ1) is 16.9. The number of hydrogen-bond acceptors (Lipinski definition) is 4. The first-order valence-corrected chi connectivity index (χ1v) is 8.97. The molecule has 0 heterocycles. The van der Waals surface area contributed by atoms with Gasteiger partial charge < -0.3 is 10.4 Å². The third-order valence-electron chi connectivity index (χ3n) is 3.97. The third kappa shape index (κ3) is 5.40. The molecule has 0 unspecified atom stereocenters. The van der Waals surface area contributed by atoms with E-state index in [1.54, 1.807) is 20.8 Å². The molecule has 19 heavy (non-hydrogen) atoms. The van der Waals surface area contributed by atoms with Crippen LogP contribution in [0.1, 0.15) is 59.3 Å². The number of hydrogen-bond donors (Lipinski definition) is 2. The standard InChI is InChI=1S/C14H29NO3S/c1-13(2,3)19(17,18)11-10-15-12-14(16)8-6-4-5-7-9-14/h15-16H,4-12H2,1-3H3. The van der Waals surface area contributed by atoms with E-state index >= 15 is 0 Å². The van der Waals surface area contributed by atoms with Gasteiger partial charge in [0, 0.05) is 13.1 Å². The third-order valence-corrected chi connectivity index (χ3v) is 6.58. The molecule has 0 aromatic rings. The van der Waals surface area contributed by atoms with Crippen molar-refractivity contribution in [3.8, 4) is 0 Å². The molecule has 5 heteroatoms. The Morgan fingerprint density at radius 1 is 1.11 bits per heavy atom. The van der Waals surface area contributed by atoms with Gasteiger partial charge >= 0.3 is 0 Å². The highest BCUT2D eigenvalue weighted by Gasteiger charge is 2.30. The molecule has 1 fully saturated rings. The van der Waals surface area contributed by atoms with E-state index in [0.717, 1.165) is 25.7 Å². The fourth-order valence-corrected chi connectivity index (χ4v) is 3.42. The predicted octanol–water partition coefficient (Wildman–Crippen LogP) is 1.87. The van der Waals surface area contributed by atoms with Crippen molar-refractivity contribution in [2.45, 2.75) is 69.6 Å². The van der Waals surface area contributed by atoms with Crippen LogP contribution in [0.3, 0.4) is 0 Å². The molecule has 0 aromatic heterocycles. The summed E-state index contributed by atoms with van der Waals surface area (Å²) < 4.78 is 23.2. The molecular formula is C14H29NO3S. The van der Waals surface area contributed by atoms with Crippen LogP contribution >= 0.6 is 0 Å². The van der Waals surface area contributed by atoms with Gasteiger partial charge in [-0.3, -0.25) is 0 Å². The maximum atomic E-state index is 11.9. The molecule has 0 atom stereocenters. The highest BCUT2D eigenvalue weighted by Crippen LogP contribution is 2.26. The zero-order valence-corrected chi connectivity index (χ0v) is 13.4. The van der Waals surface area contributed by atoms with Crippen LogP contribution in [0.4, 0.5) is 0 Å². The lowest BCUT2D eigenvalue weighted by Crippen LogP contribution is -2.42. The summed E-state index contributed by atoms with van der Waals surface area (Å²) in [6.07, 6.45) is 6.18. The van der Waals surface area contributed by atoms with Crippen molar-refractivity contribution >= 4 is 9.84 Å². The normalized spacial score (nSPS) is 21.1. The van der Waals surface area contributed by atoms with Crippen molar-refractivity contribution in [3.63, 3.8) is 0 Å². The van der Waals surface area contributed by atoms with Gasteiger partial charge in [0.1, 0.15) is 0 Å². The van der Waals surface area contributed by atoms with Crippen molar-refractivity contribution in [3.05, 3.63) is 0 Å². The Morgan fingerprint density at radius 2 is 1.63 bits per heavy atom. The summed E-state index contributed by atoms with van der Waals surface area (Å²) in [5.41, 5.74) is -0.637. The number of sulfone groups is 1. The Balaban J connectivity index is 2.34. The Morgan fingerprint density at radius 3 is 2.11 bits per heavy atom. The Kier molecular flexibility index (Phi) is 5.83. The van der Waals surface area contributed by atoms with Crippen LogP contribution in [-0.2, 0) is 9.84 Å². The molecule has 2 N–H and O–H groups in total. The van der Waals surface area contributed by atoms with Gasteiger partial charge in [0.15, 0.2) is 9.84 Å². The zero-order chi connectivity index (χ0) is 14.6. The van der Waals surface area contributed by atoms with E-state index in [2.05, 4.69) is 5.32 Å². The average molecular weight is 291 g/mol. The number of aliphatic hydroxyl groups is 1. The van der Waals surface area contributed by atoms with Crippen molar-refractivity contribution in [1.29, 1.82) is 0 Å². The lowest BCUT2D eigenvalue weighted by atomic mass is 9.94. The molecule has 4 nitrogen and oxygen atoms in total. The van der Waals surface area contributed by atoms with Crippen LogP contribution in [0, 0.1) is 0 Å². The Labute approximate surface area is 117 Å². The van der Waals surface area contributed by atoms with Crippen LogP contribution < -0.4 is 5.32 Å². The molecule has 0 aromatic carbocycles. The highest BCUT2D eigenvalue weighted by molar-refractivity contribution is 7.92. The summed E-state index contributed by atoms with van der Waals surface area (Å²) in [6, 6.07) is 0. The minimum Gasteiger partial charge on any atom is -0.389 e. The first-order valence-electron chi connectivity index (χ1n) is 7.32. The molecule has 0 spiro atoms. The molecule has 114 valence electrons. The Hall–Kier alpha value is -0.130. The Bertz CT molecular complexity index is 363. The summed E-state index contributed by atoms with van der Waals surface area (Å²) >= 11 is 0. The summed E-state index contributed by atoms with van der Waals surface area (Å²) in [5, 5.41) is 13.6. The molecule has 1 rings (SSSR count).